The summed E-state index contributed by atoms with van der Waals surface area (Å²) in [6.45, 7) is 9.46. The lowest BCUT2D eigenvalue weighted by molar-refractivity contribution is 1.78. The third-order valence-corrected chi connectivity index (χ3v) is 5.98. The molecule has 2 aromatic carbocycles. The van der Waals surface area contributed by atoms with Crippen LogP contribution in [0.3, 0.4) is 0 Å². The molecule has 0 aromatic heterocycles. The lowest BCUT2D eigenvalue weighted by Crippen LogP contribution is -2.27. The van der Waals surface area contributed by atoms with E-state index in [0.29, 0.717) is 0 Å². The lowest BCUT2D eigenvalue weighted by atomic mass is 10.1. The van der Waals surface area contributed by atoms with Gasteiger partial charge in [-0.3, -0.25) is 0 Å². The van der Waals surface area contributed by atoms with Gasteiger partial charge in [0.2, 0.25) is 0 Å². The first kappa shape index (κ1) is 11.6. The summed E-state index contributed by atoms with van der Waals surface area (Å²) in [5, 5.41) is 6.02. The first-order valence-corrected chi connectivity index (χ1v) is 10.7. The van der Waals surface area contributed by atoms with Gasteiger partial charge in [0.25, 0.3) is 0 Å². The Kier molecular flexibility index (Phi) is 3.31. The van der Waals surface area contributed by atoms with E-state index in [-0.39, 0.29) is 17.6 Å². The van der Waals surface area contributed by atoms with E-state index in [0.717, 1.165) is 0 Å². The van der Waals surface area contributed by atoms with Crippen LogP contribution in [0.15, 0.2) is 36.4 Å². The summed E-state index contributed by atoms with van der Waals surface area (Å²) < 4.78 is 0. The van der Waals surface area contributed by atoms with Gasteiger partial charge in [-0.25, -0.2) is 0 Å². The van der Waals surface area contributed by atoms with Gasteiger partial charge in [-0.2, -0.15) is 0 Å². The fourth-order valence-electron chi connectivity index (χ4n) is 2.02. The van der Waals surface area contributed by atoms with E-state index in [4.69, 9.17) is 0 Å². The highest BCUT2D eigenvalue weighted by molar-refractivity contribution is 6.74. The molecule has 0 N–H and O–H groups in total. The summed E-state index contributed by atoms with van der Waals surface area (Å²) in [7, 11) is -0.701. The maximum absolute atomic E-state index is 2.43. The number of hydrogen-bond acceptors (Lipinski definition) is 0. The van der Waals surface area contributed by atoms with Crippen LogP contribution in [0.1, 0.15) is 0 Å². The smallest absolute Gasteiger partial charge is 0.0671 e. The molecule has 0 aliphatic rings. The van der Waals surface area contributed by atoms with Crippen molar-refractivity contribution in [3.63, 3.8) is 0 Å². The van der Waals surface area contributed by atoms with Crippen LogP contribution in [-0.4, -0.2) is 17.6 Å². The highest BCUT2D eigenvalue weighted by atomic mass is 28.3. The molecule has 0 bridgehead atoms. The van der Waals surface area contributed by atoms with Crippen molar-refractivity contribution < 1.29 is 0 Å². The summed E-state index contributed by atoms with van der Waals surface area (Å²) >= 11 is 0. The van der Waals surface area contributed by atoms with Crippen LogP contribution in [-0.2, 0) is 0 Å². The predicted octanol–water partition coefficient (Wildman–Crippen LogP) is 2.76. The van der Waals surface area contributed by atoms with E-state index in [1.165, 1.54) is 10.8 Å². The quantitative estimate of drug-likeness (QED) is 0.711. The Morgan fingerprint density at radius 3 is 2.19 bits per heavy atom. The van der Waals surface area contributed by atoms with Crippen molar-refractivity contribution in [1.29, 1.82) is 0 Å². The Hall–Kier alpha value is -0.866. The minimum absolute atomic E-state index is 0.333. The van der Waals surface area contributed by atoms with Crippen LogP contribution in [0.4, 0.5) is 0 Å². The first-order chi connectivity index (χ1) is 7.59. The molecular formula is C14H18Si2. The number of rotatable bonds is 2. The van der Waals surface area contributed by atoms with Crippen LogP contribution >= 0.6 is 0 Å². The highest BCUT2D eigenvalue weighted by Crippen LogP contribution is 2.11. The van der Waals surface area contributed by atoms with Crippen molar-refractivity contribution in [2.45, 2.75) is 26.2 Å². The Bertz CT molecular complexity index is 501. The molecule has 0 nitrogen and oxygen atoms in total. The van der Waals surface area contributed by atoms with Gasteiger partial charge in [0.1, 0.15) is 0 Å². The molecule has 0 fully saturated rings. The molecule has 0 spiro atoms. The Balaban J connectivity index is 2.68. The average molecular weight is 242 g/mol. The average Bonchev–Trinajstić information content (AvgIpc) is 2.27. The molecule has 0 atom stereocenters. The standard InChI is InChI=1S/C14H18Si2/c1-15(2)12-9-8-11-6-5-7-14(16(3)4)13(11)10-12/h5-10H,1-4H3. The van der Waals surface area contributed by atoms with Gasteiger partial charge in [0.05, 0.1) is 17.6 Å². The highest BCUT2D eigenvalue weighted by Gasteiger charge is 2.08. The summed E-state index contributed by atoms with van der Waals surface area (Å²) in [5.41, 5.74) is 0. The van der Waals surface area contributed by atoms with Crippen LogP contribution in [0, 0.1) is 0 Å². The maximum atomic E-state index is 2.43. The fourth-order valence-corrected chi connectivity index (χ4v) is 4.05. The minimum atomic E-state index is -0.368. The van der Waals surface area contributed by atoms with E-state index >= 15 is 0 Å². The molecule has 2 rings (SSSR count). The normalized spacial score (nSPS) is 11.6. The lowest BCUT2D eigenvalue weighted by Gasteiger charge is -2.11. The summed E-state index contributed by atoms with van der Waals surface area (Å²) in [5.74, 6) is 0. The van der Waals surface area contributed by atoms with Crippen LogP contribution < -0.4 is 10.4 Å². The SMILES string of the molecule is C[Si](C)c1ccc2cccc([Si](C)C)c2c1. The van der Waals surface area contributed by atoms with Gasteiger partial charge in [0.15, 0.2) is 0 Å². The van der Waals surface area contributed by atoms with Crippen molar-refractivity contribution in [1.82, 2.24) is 0 Å². The van der Waals surface area contributed by atoms with Gasteiger partial charge in [0, 0.05) is 0 Å². The first-order valence-electron chi connectivity index (χ1n) is 5.73. The van der Waals surface area contributed by atoms with Crippen LogP contribution in [0.5, 0.6) is 0 Å². The number of hydrogen-bond donors (Lipinski definition) is 0. The molecule has 0 aliphatic carbocycles. The third kappa shape index (κ3) is 2.13. The van der Waals surface area contributed by atoms with Crippen LogP contribution in [0.25, 0.3) is 10.8 Å². The monoisotopic (exact) mass is 242 g/mol. The summed E-state index contributed by atoms with van der Waals surface area (Å²) in [4.78, 5) is 0. The molecule has 0 saturated heterocycles. The zero-order valence-electron chi connectivity index (χ0n) is 10.5. The summed E-state index contributed by atoms with van der Waals surface area (Å²) in [6, 6.07) is 13.7. The Morgan fingerprint density at radius 1 is 0.812 bits per heavy atom. The van der Waals surface area contributed by atoms with Crippen molar-refractivity contribution >= 4 is 38.7 Å². The Labute approximate surface area is 102 Å². The largest absolute Gasteiger partial charge is 0.0799 e. The number of fused-ring (bicyclic) bond motifs is 1. The third-order valence-electron chi connectivity index (χ3n) is 3.00. The summed E-state index contributed by atoms with van der Waals surface area (Å²) in [6.07, 6.45) is 0. The molecule has 0 heterocycles. The van der Waals surface area contributed by atoms with Crippen molar-refractivity contribution in [3.8, 4) is 0 Å². The topological polar surface area (TPSA) is 0 Å². The van der Waals surface area contributed by atoms with Gasteiger partial charge in [-0.05, 0) is 10.8 Å². The van der Waals surface area contributed by atoms with E-state index in [9.17, 15) is 0 Å². The van der Waals surface area contributed by atoms with E-state index < -0.39 is 0 Å². The van der Waals surface area contributed by atoms with Gasteiger partial charge in [-0.15, -0.1) is 0 Å². The second-order valence-corrected chi connectivity index (χ2v) is 9.86. The number of benzene rings is 2. The molecule has 2 aromatic rings. The molecule has 0 amide bonds. The molecule has 2 heteroatoms. The second kappa shape index (κ2) is 4.56. The molecule has 0 aliphatic heterocycles. The van der Waals surface area contributed by atoms with Crippen LogP contribution in [0.2, 0.25) is 26.2 Å². The predicted molar refractivity (Wildman–Crippen MR) is 78.2 cm³/mol. The van der Waals surface area contributed by atoms with E-state index in [1.807, 2.05) is 0 Å². The van der Waals surface area contributed by atoms with E-state index in [1.54, 1.807) is 10.4 Å². The van der Waals surface area contributed by atoms with Crippen molar-refractivity contribution in [2.75, 3.05) is 0 Å². The molecule has 2 radical (unpaired) electrons. The zero-order chi connectivity index (χ0) is 11.7. The molecule has 0 saturated carbocycles. The van der Waals surface area contributed by atoms with Gasteiger partial charge >= 0.3 is 0 Å². The van der Waals surface area contributed by atoms with Crippen molar-refractivity contribution in [2.24, 2.45) is 0 Å². The zero-order valence-corrected chi connectivity index (χ0v) is 12.5. The fraction of sp³-hybridized carbons (Fsp3) is 0.286. The minimum Gasteiger partial charge on any atom is -0.0671 e. The second-order valence-electron chi connectivity index (χ2n) is 4.74. The van der Waals surface area contributed by atoms with Gasteiger partial charge in [-0.1, -0.05) is 73.0 Å². The maximum Gasteiger partial charge on any atom is 0.0799 e. The van der Waals surface area contributed by atoms with E-state index in [2.05, 4.69) is 62.6 Å². The Morgan fingerprint density at radius 2 is 1.56 bits per heavy atom. The molecule has 0 unspecified atom stereocenters. The molecule has 82 valence electrons. The molecular weight excluding hydrogens is 224 g/mol. The van der Waals surface area contributed by atoms with Gasteiger partial charge < -0.3 is 0 Å². The molecule has 16 heavy (non-hydrogen) atoms. The van der Waals surface area contributed by atoms with Crippen molar-refractivity contribution in [3.05, 3.63) is 36.4 Å².